The van der Waals surface area contributed by atoms with Crippen molar-refractivity contribution in [1.82, 2.24) is 0 Å². The third-order valence-electron chi connectivity index (χ3n) is 3.19. The highest BCUT2D eigenvalue weighted by Gasteiger charge is 2.31. The average molecular weight is 325 g/mol. The molecule has 1 aliphatic heterocycles. The molecule has 2 aromatic rings. The van der Waals surface area contributed by atoms with Crippen LogP contribution in [0, 0.1) is 6.92 Å². The van der Waals surface area contributed by atoms with Gasteiger partial charge in [0.25, 0.3) is 0 Å². The first-order valence-corrected chi connectivity index (χ1v) is 7.44. The van der Waals surface area contributed by atoms with Crippen LogP contribution in [0.3, 0.4) is 0 Å². The second-order valence-electron chi connectivity index (χ2n) is 4.47. The first kappa shape index (κ1) is 12.2. The summed E-state index contributed by atoms with van der Waals surface area (Å²) in [7, 11) is 0. The molecule has 0 spiro atoms. The standard InChI is InChI=1S/C14H13BrO2S/c1-8-10(15)7-13(18-8)14(16)12-6-9-4-2-3-5-11(9)17-12/h2-5,7,12,14,16H,6H2,1H3. The van der Waals surface area contributed by atoms with Crippen molar-refractivity contribution in [1.29, 1.82) is 0 Å². The molecule has 2 unspecified atom stereocenters. The normalized spacial score (nSPS) is 19.4. The predicted octanol–water partition coefficient (Wildman–Crippen LogP) is 3.86. The van der Waals surface area contributed by atoms with E-state index in [1.807, 2.05) is 31.2 Å². The van der Waals surface area contributed by atoms with Gasteiger partial charge in [-0.15, -0.1) is 11.3 Å². The first-order valence-electron chi connectivity index (χ1n) is 5.83. The van der Waals surface area contributed by atoms with Gasteiger partial charge in [-0.3, -0.25) is 0 Å². The van der Waals surface area contributed by atoms with E-state index in [1.54, 1.807) is 11.3 Å². The van der Waals surface area contributed by atoms with Crippen molar-refractivity contribution in [3.63, 3.8) is 0 Å². The van der Waals surface area contributed by atoms with E-state index < -0.39 is 6.10 Å². The van der Waals surface area contributed by atoms with Crippen LogP contribution < -0.4 is 4.74 Å². The fraction of sp³-hybridized carbons (Fsp3) is 0.286. The van der Waals surface area contributed by atoms with Crippen molar-refractivity contribution in [2.24, 2.45) is 0 Å². The van der Waals surface area contributed by atoms with Gasteiger partial charge in [-0.05, 0) is 40.5 Å². The summed E-state index contributed by atoms with van der Waals surface area (Å²) in [4.78, 5) is 2.14. The molecule has 1 aliphatic rings. The van der Waals surface area contributed by atoms with Gasteiger partial charge >= 0.3 is 0 Å². The van der Waals surface area contributed by atoms with Crippen LogP contribution in [-0.4, -0.2) is 11.2 Å². The van der Waals surface area contributed by atoms with Crippen molar-refractivity contribution in [2.75, 3.05) is 0 Å². The van der Waals surface area contributed by atoms with E-state index in [0.29, 0.717) is 0 Å². The highest BCUT2D eigenvalue weighted by atomic mass is 79.9. The smallest absolute Gasteiger partial charge is 0.134 e. The highest BCUT2D eigenvalue weighted by molar-refractivity contribution is 9.10. The monoisotopic (exact) mass is 324 g/mol. The number of rotatable bonds is 2. The Labute approximate surface area is 118 Å². The van der Waals surface area contributed by atoms with Gasteiger partial charge in [0.05, 0.1) is 0 Å². The summed E-state index contributed by atoms with van der Waals surface area (Å²) in [5, 5.41) is 10.4. The Morgan fingerprint density at radius 3 is 2.89 bits per heavy atom. The van der Waals surface area contributed by atoms with E-state index in [2.05, 4.69) is 22.0 Å². The lowest BCUT2D eigenvalue weighted by Crippen LogP contribution is -2.22. The minimum Gasteiger partial charge on any atom is -0.487 e. The summed E-state index contributed by atoms with van der Waals surface area (Å²) in [5.41, 5.74) is 1.17. The molecule has 3 rings (SSSR count). The topological polar surface area (TPSA) is 29.5 Å². The number of halogens is 1. The van der Waals surface area contributed by atoms with Crippen LogP contribution in [0.1, 0.15) is 21.4 Å². The zero-order valence-electron chi connectivity index (χ0n) is 9.89. The number of aliphatic hydroxyl groups excluding tert-OH is 1. The Hall–Kier alpha value is -0.840. The second kappa shape index (κ2) is 4.68. The SMILES string of the molecule is Cc1sc(C(O)C2Cc3ccccc3O2)cc1Br. The van der Waals surface area contributed by atoms with Gasteiger partial charge in [-0.1, -0.05) is 18.2 Å². The number of thiophene rings is 1. The van der Waals surface area contributed by atoms with E-state index >= 15 is 0 Å². The van der Waals surface area contributed by atoms with E-state index in [4.69, 9.17) is 4.74 Å². The highest BCUT2D eigenvalue weighted by Crippen LogP contribution is 2.37. The van der Waals surface area contributed by atoms with Gasteiger partial charge in [-0.25, -0.2) is 0 Å². The number of benzene rings is 1. The molecular weight excluding hydrogens is 312 g/mol. The second-order valence-corrected chi connectivity index (χ2v) is 6.61. The lowest BCUT2D eigenvalue weighted by atomic mass is 10.1. The van der Waals surface area contributed by atoms with Crippen LogP contribution in [0.25, 0.3) is 0 Å². The zero-order valence-corrected chi connectivity index (χ0v) is 12.3. The van der Waals surface area contributed by atoms with Crippen LogP contribution in [0.5, 0.6) is 5.75 Å². The van der Waals surface area contributed by atoms with Crippen LogP contribution in [0.15, 0.2) is 34.8 Å². The molecule has 2 atom stereocenters. The number of hydrogen-bond acceptors (Lipinski definition) is 3. The first-order chi connectivity index (χ1) is 8.65. The molecule has 0 radical (unpaired) electrons. The molecule has 4 heteroatoms. The third kappa shape index (κ3) is 2.09. The van der Waals surface area contributed by atoms with Crippen LogP contribution in [-0.2, 0) is 6.42 Å². The summed E-state index contributed by atoms with van der Waals surface area (Å²) in [6.07, 6.45) is 0.0334. The Kier molecular flexibility index (Phi) is 3.18. The zero-order chi connectivity index (χ0) is 12.7. The third-order valence-corrected chi connectivity index (χ3v) is 5.40. The molecule has 18 heavy (non-hydrogen) atoms. The molecule has 0 amide bonds. The number of aliphatic hydroxyl groups is 1. The summed E-state index contributed by atoms with van der Waals surface area (Å²) < 4.78 is 6.87. The molecule has 0 aliphatic carbocycles. The molecule has 0 saturated heterocycles. The van der Waals surface area contributed by atoms with Gasteiger partial charge in [0.1, 0.15) is 18.0 Å². The maximum Gasteiger partial charge on any atom is 0.134 e. The molecule has 94 valence electrons. The van der Waals surface area contributed by atoms with Crippen LogP contribution in [0.4, 0.5) is 0 Å². The lowest BCUT2D eigenvalue weighted by Gasteiger charge is -2.16. The van der Waals surface area contributed by atoms with Gasteiger partial charge in [0, 0.05) is 20.6 Å². The molecule has 0 bridgehead atoms. The summed E-state index contributed by atoms with van der Waals surface area (Å²) in [5.74, 6) is 0.897. The molecule has 0 fully saturated rings. The van der Waals surface area contributed by atoms with Crippen molar-refractivity contribution in [3.05, 3.63) is 50.1 Å². The van der Waals surface area contributed by atoms with Crippen molar-refractivity contribution in [2.45, 2.75) is 25.6 Å². The van der Waals surface area contributed by atoms with E-state index in [0.717, 1.165) is 21.5 Å². The Balaban J connectivity index is 1.82. The average Bonchev–Trinajstić information content (AvgIpc) is 2.93. The fourth-order valence-corrected chi connectivity index (χ4v) is 3.80. The Morgan fingerprint density at radius 2 is 2.22 bits per heavy atom. The van der Waals surface area contributed by atoms with Gasteiger partial charge in [0.15, 0.2) is 0 Å². The fourth-order valence-electron chi connectivity index (χ4n) is 2.20. The molecule has 1 aromatic heterocycles. The summed E-state index contributed by atoms with van der Waals surface area (Å²) in [6.45, 7) is 2.04. The molecule has 2 heterocycles. The van der Waals surface area contributed by atoms with Crippen LogP contribution in [0.2, 0.25) is 0 Å². The number of fused-ring (bicyclic) bond motifs is 1. The van der Waals surface area contributed by atoms with Gasteiger partial charge in [0.2, 0.25) is 0 Å². The molecule has 0 saturated carbocycles. The quantitative estimate of drug-likeness (QED) is 0.909. The Bertz CT molecular complexity index is 534. The maximum absolute atomic E-state index is 10.4. The summed E-state index contributed by atoms with van der Waals surface area (Å²) in [6, 6.07) is 9.95. The largest absolute Gasteiger partial charge is 0.487 e. The lowest BCUT2D eigenvalue weighted by molar-refractivity contribution is 0.0517. The van der Waals surface area contributed by atoms with Crippen molar-refractivity contribution < 1.29 is 9.84 Å². The molecule has 1 aromatic carbocycles. The van der Waals surface area contributed by atoms with Crippen LogP contribution >= 0.6 is 27.3 Å². The Morgan fingerprint density at radius 1 is 1.44 bits per heavy atom. The number of ether oxygens (including phenoxy) is 1. The summed E-state index contributed by atoms with van der Waals surface area (Å²) >= 11 is 5.09. The van der Waals surface area contributed by atoms with E-state index in [1.165, 1.54) is 10.4 Å². The number of aryl methyl sites for hydroxylation is 1. The van der Waals surface area contributed by atoms with Crippen molar-refractivity contribution >= 4 is 27.3 Å². The molecule has 1 N–H and O–H groups in total. The van der Waals surface area contributed by atoms with E-state index in [9.17, 15) is 5.11 Å². The number of hydrogen-bond donors (Lipinski definition) is 1. The predicted molar refractivity (Wildman–Crippen MR) is 76.3 cm³/mol. The van der Waals surface area contributed by atoms with Gasteiger partial charge in [-0.2, -0.15) is 0 Å². The van der Waals surface area contributed by atoms with Crippen molar-refractivity contribution in [3.8, 4) is 5.75 Å². The minimum atomic E-state index is -0.563. The molecular formula is C14H13BrO2S. The number of para-hydroxylation sites is 1. The maximum atomic E-state index is 10.4. The van der Waals surface area contributed by atoms with E-state index in [-0.39, 0.29) is 6.10 Å². The minimum absolute atomic E-state index is 0.174. The van der Waals surface area contributed by atoms with Gasteiger partial charge < -0.3 is 9.84 Å². The molecule has 2 nitrogen and oxygen atoms in total.